The van der Waals surface area contributed by atoms with E-state index in [-0.39, 0.29) is 5.69 Å². The zero-order valence-corrected chi connectivity index (χ0v) is 9.69. The summed E-state index contributed by atoms with van der Waals surface area (Å²) in [5, 5.41) is 12.9. The number of nitrogens with one attached hydrogen (secondary N) is 1. The fourth-order valence-corrected chi connectivity index (χ4v) is 1.33. The van der Waals surface area contributed by atoms with Crippen molar-refractivity contribution in [2.75, 3.05) is 5.32 Å². The Morgan fingerprint density at radius 3 is 2.47 bits per heavy atom. The van der Waals surface area contributed by atoms with Crippen LogP contribution < -0.4 is 11.1 Å². The van der Waals surface area contributed by atoms with Crippen LogP contribution in [0.25, 0.3) is 0 Å². The van der Waals surface area contributed by atoms with E-state index in [1.165, 1.54) is 6.92 Å². The van der Waals surface area contributed by atoms with Gasteiger partial charge in [-0.15, -0.1) is 0 Å². The van der Waals surface area contributed by atoms with Crippen molar-refractivity contribution in [2.45, 2.75) is 19.1 Å². The lowest BCUT2D eigenvalue weighted by atomic mass is 10.1. The molecule has 1 amide bonds. The van der Waals surface area contributed by atoms with Gasteiger partial charge in [-0.2, -0.15) is 13.2 Å². The molecule has 0 unspecified atom stereocenters. The van der Waals surface area contributed by atoms with Crippen molar-refractivity contribution in [2.24, 2.45) is 5.73 Å². The number of nitro benzene ring substituents is 1. The van der Waals surface area contributed by atoms with Crippen LogP contribution in [-0.4, -0.2) is 16.9 Å². The lowest BCUT2D eigenvalue weighted by Gasteiger charge is -2.14. The fraction of sp³-hybridized carbons (Fsp3) is 0.300. The Kier molecular flexibility index (Phi) is 3.98. The fourth-order valence-electron chi connectivity index (χ4n) is 1.33. The molecule has 0 aromatic heterocycles. The highest BCUT2D eigenvalue weighted by Crippen LogP contribution is 2.37. The molecule has 1 atom stereocenters. The van der Waals surface area contributed by atoms with Gasteiger partial charge in [0.05, 0.1) is 4.92 Å². The van der Waals surface area contributed by atoms with Crippen LogP contribution in [0.4, 0.5) is 24.5 Å². The summed E-state index contributed by atoms with van der Waals surface area (Å²) in [4.78, 5) is 20.2. The summed E-state index contributed by atoms with van der Waals surface area (Å²) in [6.07, 6.45) is -4.87. The summed E-state index contributed by atoms with van der Waals surface area (Å²) in [7, 11) is 0. The highest BCUT2D eigenvalue weighted by atomic mass is 19.4. The van der Waals surface area contributed by atoms with Gasteiger partial charge >= 0.3 is 6.18 Å². The van der Waals surface area contributed by atoms with Gasteiger partial charge in [-0.05, 0) is 19.1 Å². The third-order valence-electron chi connectivity index (χ3n) is 2.31. The molecule has 0 saturated carbocycles. The maximum absolute atomic E-state index is 12.7. The number of halogens is 3. The topological polar surface area (TPSA) is 98.3 Å². The minimum Gasteiger partial charge on any atom is -0.374 e. The number of amides is 1. The number of carbonyl (C=O) groups excluding carboxylic acids is 1. The number of anilines is 1. The van der Waals surface area contributed by atoms with Gasteiger partial charge < -0.3 is 11.1 Å². The Hall–Kier alpha value is -2.32. The predicted octanol–water partition coefficient (Wildman–Crippen LogP) is 1.90. The van der Waals surface area contributed by atoms with E-state index in [9.17, 15) is 28.1 Å². The van der Waals surface area contributed by atoms with Gasteiger partial charge in [0.2, 0.25) is 5.91 Å². The molecule has 1 aromatic carbocycles. The first-order chi connectivity index (χ1) is 8.62. The Morgan fingerprint density at radius 2 is 2.05 bits per heavy atom. The van der Waals surface area contributed by atoms with Crippen molar-refractivity contribution in [1.82, 2.24) is 0 Å². The molecule has 0 aliphatic carbocycles. The number of alkyl halides is 3. The van der Waals surface area contributed by atoms with Crippen LogP contribution in [-0.2, 0) is 11.0 Å². The van der Waals surface area contributed by atoms with Gasteiger partial charge in [0.15, 0.2) is 0 Å². The van der Waals surface area contributed by atoms with Crippen LogP contribution >= 0.6 is 0 Å². The van der Waals surface area contributed by atoms with Crippen molar-refractivity contribution < 1.29 is 22.9 Å². The minimum atomic E-state index is -4.87. The molecule has 0 radical (unpaired) electrons. The molecular weight excluding hydrogens is 267 g/mol. The van der Waals surface area contributed by atoms with Gasteiger partial charge in [0.25, 0.3) is 5.69 Å². The average Bonchev–Trinajstić information content (AvgIpc) is 2.27. The molecule has 6 nitrogen and oxygen atoms in total. The summed E-state index contributed by atoms with van der Waals surface area (Å²) in [5.41, 5.74) is 2.43. The van der Waals surface area contributed by atoms with Gasteiger partial charge in [-0.3, -0.25) is 14.9 Å². The molecule has 104 valence electrons. The number of rotatable bonds is 4. The second-order valence-corrected chi connectivity index (χ2v) is 3.76. The second kappa shape index (κ2) is 5.12. The van der Waals surface area contributed by atoms with Gasteiger partial charge in [-0.1, -0.05) is 0 Å². The summed E-state index contributed by atoms with van der Waals surface area (Å²) in [6, 6.07) is 1.46. The summed E-state index contributed by atoms with van der Waals surface area (Å²) in [6.45, 7) is 1.36. The molecule has 3 N–H and O–H groups in total. The summed E-state index contributed by atoms with van der Waals surface area (Å²) < 4.78 is 38.0. The Morgan fingerprint density at radius 1 is 1.47 bits per heavy atom. The van der Waals surface area contributed by atoms with E-state index in [0.29, 0.717) is 6.07 Å². The highest BCUT2D eigenvalue weighted by molar-refractivity contribution is 5.82. The number of primary amides is 1. The normalized spacial score (nSPS) is 12.8. The number of benzene rings is 1. The number of hydrogen-bond donors (Lipinski definition) is 2. The largest absolute Gasteiger partial charge is 0.423 e. The Labute approximate surface area is 105 Å². The SMILES string of the molecule is C[C@@H](Nc1ccc([N+](=O)[O-])c(C(F)(F)F)c1)C(N)=O. The smallest absolute Gasteiger partial charge is 0.374 e. The minimum absolute atomic E-state index is 0.0794. The van der Waals surface area contributed by atoms with Crippen LogP contribution in [0, 0.1) is 10.1 Å². The maximum Gasteiger partial charge on any atom is 0.423 e. The molecule has 1 rings (SSSR count). The first kappa shape index (κ1) is 14.7. The van der Waals surface area contributed by atoms with E-state index in [1.807, 2.05) is 0 Å². The van der Waals surface area contributed by atoms with Crippen molar-refractivity contribution in [3.05, 3.63) is 33.9 Å². The van der Waals surface area contributed by atoms with Crippen molar-refractivity contribution >= 4 is 17.3 Å². The van der Waals surface area contributed by atoms with Crippen LogP contribution in [0.1, 0.15) is 12.5 Å². The predicted molar refractivity (Wildman–Crippen MR) is 60.4 cm³/mol. The monoisotopic (exact) mass is 277 g/mol. The van der Waals surface area contributed by atoms with Crippen LogP contribution in [0.3, 0.4) is 0 Å². The molecule has 0 heterocycles. The molecule has 9 heteroatoms. The molecule has 0 aliphatic rings. The van der Waals surface area contributed by atoms with E-state index in [1.54, 1.807) is 0 Å². The zero-order valence-electron chi connectivity index (χ0n) is 9.69. The summed E-state index contributed by atoms with van der Waals surface area (Å²) >= 11 is 0. The Balaban J connectivity index is 3.19. The van der Waals surface area contributed by atoms with E-state index < -0.39 is 34.3 Å². The lowest BCUT2D eigenvalue weighted by Crippen LogP contribution is -2.32. The number of hydrogen-bond acceptors (Lipinski definition) is 4. The van der Waals surface area contributed by atoms with E-state index in [0.717, 1.165) is 12.1 Å². The first-order valence-electron chi connectivity index (χ1n) is 5.04. The second-order valence-electron chi connectivity index (χ2n) is 3.76. The average molecular weight is 277 g/mol. The number of carbonyl (C=O) groups is 1. The molecule has 0 fully saturated rings. The quantitative estimate of drug-likeness (QED) is 0.648. The lowest BCUT2D eigenvalue weighted by molar-refractivity contribution is -0.388. The highest BCUT2D eigenvalue weighted by Gasteiger charge is 2.38. The van der Waals surface area contributed by atoms with Gasteiger partial charge in [-0.25, -0.2) is 0 Å². The number of nitrogens with zero attached hydrogens (tertiary/aromatic N) is 1. The maximum atomic E-state index is 12.7. The van der Waals surface area contributed by atoms with E-state index in [4.69, 9.17) is 5.73 Å². The van der Waals surface area contributed by atoms with E-state index >= 15 is 0 Å². The molecular formula is C10H10F3N3O3. The molecule has 0 spiro atoms. The molecule has 0 saturated heterocycles. The molecule has 0 bridgehead atoms. The third-order valence-corrected chi connectivity index (χ3v) is 2.31. The van der Waals surface area contributed by atoms with Gasteiger partial charge in [0, 0.05) is 11.8 Å². The molecule has 0 aliphatic heterocycles. The Bertz CT molecular complexity index is 516. The van der Waals surface area contributed by atoms with Crippen LogP contribution in [0.15, 0.2) is 18.2 Å². The molecule has 1 aromatic rings. The van der Waals surface area contributed by atoms with Crippen molar-refractivity contribution in [1.29, 1.82) is 0 Å². The van der Waals surface area contributed by atoms with Crippen LogP contribution in [0.5, 0.6) is 0 Å². The molecule has 19 heavy (non-hydrogen) atoms. The van der Waals surface area contributed by atoms with E-state index in [2.05, 4.69) is 5.32 Å². The zero-order chi connectivity index (χ0) is 14.8. The van der Waals surface area contributed by atoms with Crippen molar-refractivity contribution in [3.8, 4) is 0 Å². The standard InChI is InChI=1S/C10H10F3N3O3/c1-5(9(14)17)15-6-2-3-8(16(18)19)7(4-6)10(11,12)13/h2-5,15H,1H3,(H2,14,17)/t5-/m1/s1. The van der Waals surface area contributed by atoms with Crippen molar-refractivity contribution in [3.63, 3.8) is 0 Å². The third kappa shape index (κ3) is 3.57. The summed E-state index contributed by atoms with van der Waals surface area (Å²) in [5.74, 6) is -0.757. The van der Waals surface area contributed by atoms with Crippen LogP contribution in [0.2, 0.25) is 0 Å². The first-order valence-corrected chi connectivity index (χ1v) is 5.04. The van der Waals surface area contributed by atoms with Gasteiger partial charge in [0.1, 0.15) is 11.6 Å². The number of nitrogens with two attached hydrogens (primary N) is 1. The number of nitro groups is 1.